The van der Waals surface area contributed by atoms with Crippen molar-refractivity contribution < 1.29 is 0 Å². The molecule has 21 heavy (non-hydrogen) atoms. The Morgan fingerprint density at radius 3 is 2.24 bits per heavy atom. The highest BCUT2D eigenvalue weighted by Crippen LogP contribution is 2.28. The van der Waals surface area contributed by atoms with E-state index in [0.29, 0.717) is 0 Å². The first-order valence-corrected chi connectivity index (χ1v) is 7.57. The fraction of sp³-hybridized carbons (Fsp3) is 0.333. The van der Waals surface area contributed by atoms with E-state index < -0.39 is 0 Å². The minimum Gasteiger partial charge on any atom is -0.345 e. The summed E-state index contributed by atoms with van der Waals surface area (Å²) in [6, 6.07) is 16.5. The van der Waals surface area contributed by atoms with Crippen LogP contribution in [0.2, 0.25) is 5.02 Å². The Balaban J connectivity index is 2.15. The number of nitrogens with one attached hydrogen (secondary N) is 1. The molecule has 2 aromatic rings. The average Bonchev–Trinajstić information content (AvgIpc) is 2.45. The van der Waals surface area contributed by atoms with E-state index in [9.17, 15) is 0 Å². The highest BCUT2D eigenvalue weighted by molar-refractivity contribution is 6.31. The van der Waals surface area contributed by atoms with Crippen molar-refractivity contribution in [2.75, 3.05) is 11.9 Å². The number of anilines is 2. The van der Waals surface area contributed by atoms with E-state index in [0.717, 1.165) is 28.5 Å². The Morgan fingerprint density at radius 2 is 1.67 bits per heavy atom. The summed E-state index contributed by atoms with van der Waals surface area (Å²) >= 11 is 6.42. The lowest BCUT2D eigenvalue weighted by molar-refractivity contribution is 0.424. The van der Waals surface area contributed by atoms with Crippen molar-refractivity contribution in [2.24, 2.45) is 0 Å². The van der Waals surface area contributed by atoms with E-state index in [1.54, 1.807) is 0 Å². The van der Waals surface area contributed by atoms with Crippen molar-refractivity contribution in [2.45, 2.75) is 32.9 Å². The topological polar surface area (TPSA) is 15.3 Å². The summed E-state index contributed by atoms with van der Waals surface area (Å²) in [6.07, 6.45) is 0. The summed E-state index contributed by atoms with van der Waals surface area (Å²) < 4.78 is 0. The van der Waals surface area contributed by atoms with Crippen LogP contribution in [0.1, 0.15) is 26.3 Å². The van der Waals surface area contributed by atoms with Crippen molar-refractivity contribution in [3.63, 3.8) is 0 Å². The van der Waals surface area contributed by atoms with Crippen LogP contribution in [-0.2, 0) is 6.54 Å². The van der Waals surface area contributed by atoms with Crippen LogP contribution < -0.4 is 10.2 Å². The Hall–Kier alpha value is -1.51. The minimum absolute atomic E-state index is 0.0861. The van der Waals surface area contributed by atoms with Crippen molar-refractivity contribution in [1.82, 2.24) is 5.32 Å². The normalized spacial score (nSPS) is 11.5. The van der Waals surface area contributed by atoms with Gasteiger partial charge in [0.2, 0.25) is 0 Å². The van der Waals surface area contributed by atoms with Crippen LogP contribution in [0.15, 0.2) is 48.5 Å². The number of halogens is 1. The molecule has 0 saturated carbocycles. The fourth-order valence-corrected chi connectivity index (χ4v) is 2.29. The molecule has 0 aromatic heterocycles. The lowest BCUT2D eigenvalue weighted by Crippen LogP contribution is -2.35. The molecule has 0 unspecified atom stereocenters. The molecule has 0 fully saturated rings. The van der Waals surface area contributed by atoms with Gasteiger partial charge in [-0.3, -0.25) is 0 Å². The molecule has 0 spiro atoms. The van der Waals surface area contributed by atoms with E-state index in [1.807, 2.05) is 31.3 Å². The summed E-state index contributed by atoms with van der Waals surface area (Å²) in [5.74, 6) is 0. The molecule has 0 aliphatic carbocycles. The van der Waals surface area contributed by atoms with Gasteiger partial charge < -0.3 is 10.2 Å². The highest BCUT2D eigenvalue weighted by atomic mass is 35.5. The summed E-state index contributed by atoms with van der Waals surface area (Å²) in [5.41, 5.74) is 3.44. The van der Waals surface area contributed by atoms with Crippen LogP contribution in [0.5, 0.6) is 0 Å². The number of nitrogens with zero attached hydrogens (tertiary/aromatic N) is 1. The van der Waals surface area contributed by atoms with E-state index >= 15 is 0 Å². The van der Waals surface area contributed by atoms with Crippen LogP contribution >= 0.6 is 11.6 Å². The zero-order valence-corrected chi connectivity index (χ0v) is 13.9. The van der Waals surface area contributed by atoms with Gasteiger partial charge in [-0.2, -0.15) is 0 Å². The monoisotopic (exact) mass is 302 g/mol. The third-order valence-corrected chi connectivity index (χ3v) is 3.73. The predicted molar refractivity (Wildman–Crippen MR) is 92.5 cm³/mol. The van der Waals surface area contributed by atoms with Gasteiger partial charge in [-0.05, 0) is 50.6 Å². The molecule has 0 radical (unpaired) electrons. The molecule has 2 rings (SSSR count). The van der Waals surface area contributed by atoms with Gasteiger partial charge in [0.25, 0.3) is 0 Å². The molecule has 112 valence electrons. The van der Waals surface area contributed by atoms with Crippen LogP contribution in [0.25, 0.3) is 0 Å². The Bertz CT molecular complexity index is 588. The molecule has 2 nitrogen and oxygen atoms in total. The second-order valence-corrected chi connectivity index (χ2v) is 6.68. The molecule has 0 heterocycles. The predicted octanol–water partition coefficient (Wildman–Crippen LogP) is 5.00. The van der Waals surface area contributed by atoms with E-state index in [2.05, 4.69) is 55.3 Å². The van der Waals surface area contributed by atoms with Gasteiger partial charge in [0.1, 0.15) is 0 Å². The lowest BCUT2D eigenvalue weighted by Gasteiger charge is -2.23. The minimum atomic E-state index is 0.0861. The van der Waals surface area contributed by atoms with Gasteiger partial charge in [0.05, 0.1) is 0 Å². The number of hydrogen-bond acceptors (Lipinski definition) is 2. The number of para-hydroxylation sites is 1. The van der Waals surface area contributed by atoms with E-state index in [-0.39, 0.29) is 5.54 Å². The smallest absolute Gasteiger partial charge is 0.0471 e. The Morgan fingerprint density at radius 1 is 1.00 bits per heavy atom. The maximum absolute atomic E-state index is 6.42. The zero-order chi connectivity index (χ0) is 15.5. The summed E-state index contributed by atoms with van der Waals surface area (Å²) in [4.78, 5) is 2.13. The molecule has 0 amide bonds. The summed E-state index contributed by atoms with van der Waals surface area (Å²) in [5, 5.41) is 4.26. The zero-order valence-electron chi connectivity index (χ0n) is 13.2. The highest BCUT2D eigenvalue weighted by Gasteiger charge is 2.11. The maximum Gasteiger partial charge on any atom is 0.0471 e. The van der Waals surface area contributed by atoms with Gasteiger partial charge in [0.15, 0.2) is 0 Å². The van der Waals surface area contributed by atoms with Crippen LogP contribution in [0, 0.1) is 0 Å². The largest absolute Gasteiger partial charge is 0.345 e. The number of hydrogen-bond donors (Lipinski definition) is 1. The summed E-state index contributed by atoms with van der Waals surface area (Å²) in [6.45, 7) is 7.23. The molecular formula is C18H23ClN2. The van der Waals surface area contributed by atoms with E-state index in [4.69, 9.17) is 11.6 Å². The van der Waals surface area contributed by atoms with Crippen LogP contribution in [-0.4, -0.2) is 12.6 Å². The third-order valence-electron chi connectivity index (χ3n) is 3.38. The lowest BCUT2D eigenvalue weighted by atomic mass is 10.1. The molecule has 0 bridgehead atoms. The number of rotatable bonds is 4. The second-order valence-electron chi connectivity index (χ2n) is 6.27. The van der Waals surface area contributed by atoms with Crippen molar-refractivity contribution in [1.29, 1.82) is 0 Å². The van der Waals surface area contributed by atoms with Gasteiger partial charge >= 0.3 is 0 Å². The van der Waals surface area contributed by atoms with Crippen molar-refractivity contribution in [3.05, 3.63) is 59.1 Å². The number of benzene rings is 2. The first-order valence-electron chi connectivity index (χ1n) is 7.19. The molecule has 0 aliphatic rings. The van der Waals surface area contributed by atoms with Crippen LogP contribution in [0.4, 0.5) is 11.4 Å². The molecule has 1 N–H and O–H groups in total. The Kier molecular flexibility index (Phi) is 4.92. The molecule has 0 atom stereocenters. The van der Waals surface area contributed by atoms with Crippen molar-refractivity contribution >= 4 is 23.0 Å². The average molecular weight is 303 g/mol. The molecule has 0 saturated heterocycles. The molecule has 0 aliphatic heterocycles. The van der Waals surface area contributed by atoms with Gasteiger partial charge in [0, 0.05) is 35.5 Å². The van der Waals surface area contributed by atoms with Crippen LogP contribution in [0.3, 0.4) is 0 Å². The third kappa shape index (κ3) is 4.48. The first-order chi connectivity index (χ1) is 9.87. The molecule has 3 heteroatoms. The van der Waals surface area contributed by atoms with E-state index in [1.165, 1.54) is 0 Å². The summed E-state index contributed by atoms with van der Waals surface area (Å²) in [7, 11) is 2.05. The molecular weight excluding hydrogens is 280 g/mol. The van der Waals surface area contributed by atoms with Gasteiger partial charge in [-0.25, -0.2) is 0 Å². The van der Waals surface area contributed by atoms with Gasteiger partial charge in [-0.15, -0.1) is 0 Å². The SMILES string of the molecule is CN(c1ccccc1)c1ccc(CNC(C)(C)C)c(Cl)c1. The molecule has 2 aromatic carbocycles. The quantitative estimate of drug-likeness (QED) is 0.855. The Labute approximate surface area is 132 Å². The second kappa shape index (κ2) is 6.50. The first kappa shape index (κ1) is 15.9. The van der Waals surface area contributed by atoms with Gasteiger partial charge in [-0.1, -0.05) is 35.9 Å². The fourth-order valence-electron chi connectivity index (χ4n) is 2.05. The standard InChI is InChI=1S/C18H23ClN2/c1-18(2,3)20-13-14-10-11-16(12-17(14)19)21(4)15-8-6-5-7-9-15/h5-12,20H,13H2,1-4H3. The van der Waals surface area contributed by atoms with Crippen molar-refractivity contribution in [3.8, 4) is 0 Å². The maximum atomic E-state index is 6.42.